The highest BCUT2D eigenvalue weighted by Crippen LogP contribution is 2.21. The van der Waals surface area contributed by atoms with Crippen LogP contribution in [0.4, 0.5) is 5.69 Å². The highest BCUT2D eigenvalue weighted by Gasteiger charge is 2.08. The normalized spacial score (nSPS) is 10.1. The van der Waals surface area contributed by atoms with Crippen molar-refractivity contribution in [3.8, 4) is 0 Å². The number of rotatable bonds is 6. The molecule has 18 heavy (non-hydrogen) atoms. The average Bonchev–Trinajstić information content (AvgIpc) is 2.33. The number of carbonyl (C=O) groups is 1. The quantitative estimate of drug-likeness (QED) is 0.474. The maximum atomic E-state index is 11.0. The molecule has 0 radical (unpaired) electrons. The molecule has 0 saturated heterocycles. The standard InChI is InChI=1S/C11H14BrN3O3/c1-13-11(16)2-3-14-7-8-4-9(12)6-10(5-8)15(17)18/h4-6,14H,2-3,7H2,1H3,(H,13,16). The van der Waals surface area contributed by atoms with Gasteiger partial charge in [0.25, 0.3) is 5.69 Å². The summed E-state index contributed by atoms with van der Waals surface area (Å²) in [6.45, 7) is 1.01. The second-order valence-electron chi connectivity index (χ2n) is 3.67. The number of halogens is 1. The lowest BCUT2D eigenvalue weighted by Crippen LogP contribution is -2.24. The van der Waals surface area contributed by atoms with Crippen molar-refractivity contribution in [2.45, 2.75) is 13.0 Å². The Kier molecular flexibility index (Phi) is 5.73. The molecular formula is C11H14BrN3O3. The van der Waals surface area contributed by atoms with E-state index >= 15 is 0 Å². The van der Waals surface area contributed by atoms with Crippen LogP contribution in [0.3, 0.4) is 0 Å². The Balaban J connectivity index is 2.52. The number of nitro benzene ring substituents is 1. The van der Waals surface area contributed by atoms with Crippen LogP contribution in [0.15, 0.2) is 22.7 Å². The minimum atomic E-state index is -0.432. The van der Waals surface area contributed by atoms with Gasteiger partial charge in [0.15, 0.2) is 0 Å². The molecule has 0 aliphatic heterocycles. The van der Waals surface area contributed by atoms with Gasteiger partial charge in [0.2, 0.25) is 5.91 Å². The van der Waals surface area contributed by atoms with Crippen molar-refractivity contribution in [1.82, 2.24) is 10.6 Å². The number of hydrogen-bond acceptors (Lipinski definition) is 4. The fourth-order valence-corrected chi connectivity index (χ4v) is 1.93. The molecule has 1 rings (SSSR count). The Bertz CT molecular complexity index is 451. The number of nitro groups is 1. The van der Waals surface area contributed by atoms with Crippen LogP contribution in [0.5, 0.6) is 0 Å². The molecule has 0 unspecified atom stereocenters. The third-order valence-electron chi connectivity index (χ3n) is 2.29. The van der Waals surface area contributed by atoms with E-state index < -0.39 is 4.92 Å². The Morgan fingerprint density at radius 2 is 2.17 bits per heavy atom. The Morgan fingerprint density at radius 3 is 2.78 bits per heavy atom. The van der Waals surface area contributed by atoms with Crippen molar-refractivity contribution in [2.75, 3.05) is 13.6 Å². The zero-order valence-corrected chi connectivity index (χ0v) is 11.5. The monoisotopic (exact) mass is 315 g/mol. The van der Waals surface area contributed by atoms with Crippen LogP contribution in [0, 0.1) is 10.1 Å². The van der Waals surface area contributed by atoms with E-state index in [9.17, 15) is 14.9 Å². The van der Waals surface area contributed by atoms with Crippen molar-refractivity contribution < 1.29 is 9.72 Å². The third-order valence-corrected chi connectivity index (χ3v) is 2.75. The lowest BCUT2D eigenvalue weighted by molar-refractivity contribution is -0.385. The number of non-ortho nitro benzene ring substituents is 1. The summed E-state index contributed by atoms with van der Waals surface area (Å²) < 4.78 is 0.666. The van der Waals surface area contributed by atoms with Gasteiger partial charge in [0.05, 0.1) is 4.92 Å². The van der Waals surface area contributed by atoms with Gasteiger partial charge in [0.1, 0.15) is 0 Å². The lowest BCUT2D eigenvalue weighted by atomic mass is 10.2. The number of amides is 1. The zero-order valence-electron chi connectivity index (χ0n) is 9.90. The predicted octanol–water partition coefficient (Wildman–Crippen LogP) is 1.58. The molecule has 1 aromatic carbocycles. The highest BCUT2D eigenvalue weighted by atomic mass is 79.9. The van der Waals surface area contributed by atoms with E-state index in [-0.39, 0.29) is 11.6 Å². The van der Waals surface area contributed by atoms with Gasteiger partial charge in [-0.25, -0.2) is 0 Å². The maximum Gasteiger partial charge on any atom is 0.270 e. The predicted molar refractivity (Wildman–Crippen MR) is 71.2 cm³/mol. The van der Waals surface area contributed by atoms with E-state index in [1.165, 1.54) is 12.1 Å². The molecule has 98 valence electrons. The molecule has 2 N–H and O–H groups in total. The number of carbonyl (C=O) groups excluding carboxylic acids is 1. The van der Waals surface area contributed by atoms with E-state index in [2.05, 4.69) is 26.6 Å². The molecule has 6 nitrogen and oxygen atoms in total. The minimum absolute atomic E-state index is 0.0391. The second-order valence-corrected chi connectivity index (χ2v) is 4.59. The van der Waals surface area contributed by atoms with Crippen molar-refractivity contribution in [3.05, 3.63) is 38.3 Å². The summed E-state index contributed by atoms with van der Waals surface area (Å²) in [6.07, 6.45) is 0.382. The number of nitrogens with zero attached hydrogens (tertiary/aromatic N) is 1. The Hall–Kier alpha value is -1.47. The third kappa shape index (κ3) is 4.80. The number of nitrogens with one attached hydrogen (secondary N) is 2. The van der Waals surface area contributed by atoms with E-state index in [1.54, 1.807) is 13.1 Å². The fraction of sp³-hybridized carbons (Fsp3) is 0.364. The molecule has 1 aromatic rings. The lowest BCUT2D eigenvalue weighted by Gasteiger charge is -2.05. The Labute approximate surface area is 113 Å². The van der Waals surface area contributed by atoms with Gasteiger partial charge in [-0.15, -0.1) is 0 Å². The van der Waals surface area contributed by atoms with E-state index in [0.717, 1.165) is 5.56 Å². The van der Waals surface area contributed by atoms with Gasteiger partial charge in [-0.2, -0.15) is 0 Å². The van der Waals surface area contributed by atoms with Gasteiger partial charge < -0.3 is 10.6 Å². The summed E-state index contributed by atoms with van der Waals surface area (Å²) in [5.41, 5.74) is 0.848. The van der Waals surface area contributed by atoms with Crippen LogP contribution < -0.4 is 10.6 Å². The first-order valence-corrected chi connectivity index (χ1v) is 6.17. The first-order valence-electron chi connectivity index (χ1n) is 5.38. The number of benzene rings is 1. The average molecular weight is 316 g/mol. The van der Waals surface area contributed by atoms with Gasteiger partial charge in [-0.05, 0) is 11.6 Å². The fourth-order valence-electron chi connectivity index (χ4n) is 1.40. The summed E-state index contributed by atoms with van der Waals surface area (Å²) in [5, 5.41) is 16.3. The van der Waals surface area contributed by atoms with Gasteiger partial charge in [-0.1, -0.05) is 15.9 Å². The van der Waals surface area contributed by atoms with Crippen LogP contribution in [-0.4, -0.2) is 24.4 Å². The topological polar surface area (TPSA) is 84.3 Å². The molecule has 0 bridgehead atoms. The molecule has 1 amide bonds. The summed E-state index contributed by atoms with van der Waals surface area (Å²) in [4.78, 5) is 21.2. The molecule has 0 aliphatic rings. The highest BCUT2D eigenvalue weighted by molar-refractivity contribution is 9.10. The van der Waals surface area contributed by atoms with Crippen molar-refractivity contribution in [1.29, 1.82) is 0 Å². The first-order chi connectivity index (χ1) is 8.52. The smallest absolute Gasteiger partial charge is 0.270 e. The van der Waals surface area contributed by atoms with Crippen molar-refractivity contribution >= 4 is 27.5 Å². The molecule has 0 aromatic heterocycles. The molecule has 0 fully saturated rings. The van der Waals surface area contributed by atoms with Crippen LogP contribution in [-0.2, 0) is 11.3 Å². The summed E-state index contributed by atoms with van der Waals surface area (Å²) in [7, 11) is 1.58. The largest absolute Gasteiger partial charge is 0.359 e. The summed E-state index contributed by atoms with van der Waals surface area (Å²) in [5.74, 6) is -0.0391. The SMILES string of the molecule is CNC(=O)CCNCc1cc(Br)cc([N+](=O)[O-])c1. The van der Waals surface area contributed by atoms with Crippen molar-refractivity contribution in [2.24, 2.45) is 0 Å². The van der Waals surface area contributed by atoms with E-state index in [0.29, 0.717) is 24.0 Å². The Morgan fingerprint density at radius 1 is 1.44 bits per heavy atom. The van der Waals surface area contributed by atoms with Crippen molar-refractivity contribution in [3.63, 3.8) is 0 Å². The maximum absolute atomic E-state index is 11.0. The second kappa shape index (κ2) is 7.07. The van der Waals surface area contributed by atoms with Gasteiger partial charge in [-0.3, -0.25) is 14.9 Å². The minimum Gasteiger partial charge on any atom is -0.359 e. The van der Waals surface area contributed by atoms with E-state index in [4.69, 9.17) is 0 Å². The summed E-state index contributed by atoms with van der Waals surface area (Å²) >= 11 is 3.23. The number of hydrogen-bond donors (Lipinski definition) is 2. The molecular weight excluding hydrogens is 302 g/mol. The molecule has 0 aliphatic carbocycles. The van der Waals surface area contributed by atoms with Crippen LogP contribution in [0.25, 0.3) is 0 Å². The van der Waals surface area contributed by atoms with E-state index in [1.807, 2.05) is 0 Å². The van der Waals surface area contributed by atoms with Crippen LogP contribution >= 0.6 is 15.9 Å². The van der Waals surface area contributed by atoms with Crippen LogP contribution in [0.1, 0.15) is 12.0 Å². The van der Waals surface area contributed by atoms with Gasteiger partial charge >= 0.3 is 0 Å². The van der Waals surface area contributed by atoms with Gasteiger partial charge in [0, 0.05) is 43.2 Å². The zero-order chi connectivity index (χ0) is 13.5. The summed E-state index contributed by atoms with van der Waals surface area (Å²) in [6, 6.07) is 4.77. The molecule has 0 saturated carbocycles. The first kappa shape index (κ1) is 14.6. The molecule has 0 atom stereocenters. The van der Waals surface area contributed by atoms with Crippen LogP contribution in [0.2, 0.25) is 0 Å². The molecule has 0 spiro atoms. The molecule has 7 heteroatoms. The molecule has 0 heterocycles.